The Morgan fingerprint density at radius 3 is 2.03 bits per heavy atom. The van der Waals surface area contributed by atoms with Gasteiger partial charge in [0.2, 0.25) is 5.91 Å². The molecule has 1 saturated heterocycles. The van der Waals surface area contributed by atoms with Crippen molar-refractivity contribution in [1.82, 2.24) is 9.80 Å². The fourth-order valence-electron chi connectivity index (χ4n) is 3.97. The molecule has 8 heteroatoms. The Balaban J connectivity index is 1.53. The topological polar surface area (TPSA) is 71.1 Å². The number of carbonyl (C=O) groups excluding carboxylic acids is 2. The van der Waals surface area contributed by atoms with Gasteiger partial charge in [0.15, 0.2) is 5.11 Å². The molecule has 0 radical (unpaired) electrons. The molecule has 2 amide bonds. The molecule has 1 N–H and O–H groups in total. The van der Waals surface area contributed by atoms with Crippen LogP contribution in [0.3, 0.4) is 0 Å². The first kappa shape index (κ1) is 24.2. The first-order valence-corrected chi connectivity index (χ1v) is 11.6. The summed E-state index contributed by atoms with van der Waals surface area (Å²) < 4.78 is 10.4. The first-order valence-electron chi connectivity index (χ1n) is 11.2. The lowest BCUT2D eigenvalue weighted by atomic mass is 10.1. The van der Waals surface area contributed by atoms with Crippen molar-refractivity contribution in [3.05, 3.63) is 90.0 Å². The van der Waals surface area contributed by atoms with E-state index in [0.717, 1.165) is 16.9 Å². The summed E-state index contributed by atoms with van der Waals surface area (Å²) >= 11 is 5.73. The van der Waals surface area contributed by atoms with Crippen LogP contribution in [0.2, 0.25) is 0 Å². The quantitative estimate of drug-likeness (QED) is 0.454. The number of ether oxygens (including phenoxy) is 2. The fourth-order valence-corrected chi connectivity index (χ4v) is 4.32. The molecule has 180 valence electrons. The molecule has 4 rings (SSSR count). The lowest BCUT2D eigenvalue weighted by Crippen LogP contribution is -2.37. The number of amides is 2. The van der Waals surface area contributed by atoms with Crippen LogP contribution in [0.25, 0.3) is 0 Å². The van der Waals surface area contributed by atoms with Crippen LogP contribution >= 0.6 is 12.2 Å². The molecule has 0 bridgehead atoms. The van der Waals surface area contributed by atoms with Crippen LogP contribution in [-0.2, 0) is 22.7 Å². The van der Waals surface area contributed by atoms with Gasteiger partial charge in [-0.2, -0.15) is 0 Å². The highest BCUT2D eigenvalue weighted by Gasteiger charge is 2.43. The molecule has 1 aliphatic rings. The molecular formula is C27H27N3O4S. The van der Waals surface area contributed by atoms with Gasteiger partial charge in [0.1, 0.15) is 17.5 Å². The van der Waals surface area contributed by atoms with Crippen LogP contribution in [0.5, 0.6) is 11.5 Å². The average Bonchev–Trinajstić information content (AvgIpc) is 3.09. The molecule has 35 heavy (non-hydrogen) atoms. The molecule has 0 aromatic heterocycles. The van der Waals surface area contributed by atoms with E-state index in [2.05, 4.69) is 5.32 Å². The van der Waals surface area contributed by atoms with Gasteiger partial charge in [-0.3, -0.25) is 14.5 Å². The van der Waals surface area contributed by atoms with Gasteiger partial charge in [-0.1, -0.05) is 42.5 Å². The number of hydrogen-bond donors (Lipinski definition) is 1. The van der Waals surface area contributed by atoms with E-state index in [0.29, 0.717) is 29.6 Å². The Labute approximate surface area is 210 Å². The minimum atomic E-state index is -0.702. The van der Waals surface area contributed by atoms with Gasteiger partial charge in [-0.05, 0) is 59.7 Å². The fraction of sp³-hybridized carbons (Fsp3) is 0.222. The lowest BCUT2D eigenvalue weighted by Gasteiger charge is -2.24. The molecule has 0 saturated carbocycles. The number of rotatable bonds is 9. The number of anilines is 1. The van der Waals surface area contributed by atoms with Crippen LogP contribution in [0.4, 0.5) is 5.69 Å². The Morgan fingerprint density at radius 2 is 1.43 bits per heavy atom. The maximum absolute atomic E-state index is 13.5. The van der Waals surface area contributed by atoms with Crippen molar-refractivity contribution in [2.75, 3.05) is 19.5 Å². The summed E-state index contributed by atoms with van der Waals surface area (Å²) in [5, 5.41) is 3.28. The second-order valence-electron chi connectivity index (χ2n) is 8.17. The van der Waals surface area contributed by atoms with Gasteiger partial charge in [-0.15, -0.1) is 0 Å². The third kappa shape index (κ3) is 5.78. The molecule has 0 unspecified atom stereocenters. The number of carbonyl (C=O) groups is 2. The standard InChI is InChI=1S/C27H27N3O4S/c1-33-22-12-8-20(9-13-22)17-29-24(16-25(31)28-21-10-14-23(34-2)15-11-21)26(32)30(27(29)35)18-19-6-4-3-5-7-19/h3-15,24H,16-18H2,1-2H3,(H,28,31)/t24-/m1/s1. The lowest BCUT2D eigenvalue weighted by molar-refractivity contribution is -0.131. The van der Waals surface area contributed by atoms with Crippen molar-refractivity contribution in [3.63, 3.8) is 0 Å². The van der Waals surface area contributed by atoms with Crippen molar-refractivity contribution >= 4 is 34.8 Å². The molecule has 1 atom stereocenters. The summed E-state index contributed by atoms with van der Waals surface area (Å²) in [5.74, 6) is 0.992. The largest absolute Gasteiger partial charge is 0.497 e. The predicted molar refractivity (Wildman–Crippen MR) is 138 cm³/mol. The number of thiocarbonyl (C=S) groups is 1. The molecule has 1 fully saturated rings. The minimum Gasteiger partial charge on any atom is -0.497 e. The third-order valence-electron chi connectivity index (χ3n) is 5.85. The molecule has 1 aliphatic heterocycles. The van der Waals surface area contributed by atoms with E-state index in [1.165, 1.54) is 0 Å². The van der Waals surface area contributed by atoms with Crippen LogP contribution in [0.1, 0.15) is 17.5 Å². The SMILES string of the molecule is COc1ccc(CN2C(=S)N(Cc3ccccc3)C(=O)[C@H]2CC(=O)Nc2ccc(OC)cc2)cc1. The Morgan fingerprint density at radius 1 is 0.857 bits per heavy atom. The van der Waals surface area contributed by atoms with Crippen molar-refractivity contribution in [2.45, 2.75) is 25.6 Å². The monoisotopic (exact) mass is 489 g/mol. The second-order valence-corrected chi connectivity index (χ2v) is 8.53. The molecule has 1 heterocycles. The number of nitrogens with one attached hydrogen (secondary N) is 1. The molecule has 0 aliphatic carbocycles. The Kier molecular flexibility index (Phi) is 7.62. The summed E-state index contributed by atoms with van der Waals surface area (Å²) in [7, 11) is 3.20. The van der Waals surface area contributed by atoms with Gasteiger partial charge in [0, 0.05) is 12.2 Å². The second kappa shape index (κ2) is 11.0. The van der Waals surface area contributed by atoms with Gasteiger partial charge >= 0.3 is 0 Å². The van der Waals surface area contributed by atoms with Crippen molar-refractivity contribution in [3.8, 4) is 11.5 Å². The summed E-state index contributed by atoms with van der Waals surface area (Å²) in [6, 6.07) is 23.6. The van der Waals surface area contributed by atoms with E-state index in [1.807, 2.05) is 59.5 Å². The summed E-state index contributed by atoms with van der Waals surface area (Å²) in [4.78, 5) is 29.8. The Bertz CT molecular complexity index is 1180. The van der Waals surface area contributed by atoms with E-state index in [4.69, 9.17) is 21.7 Å². The highest BCUT2D eigenvalue weighted by Crippen LogP contribution is 2.26. The molecule has 3 aromatic carbocycles. The van der Waals surface area contributed by atoms with Crippen LogP contribution in [0.15, 0.2) is 78.9 Å². The average molecular weight is 490 g/mol. The summed E-state index contributed by atoms with van der Waals surface area (Å²) in [5.41, 5.74) is 2.56. The predicted octanol–water partition coefficient (Wildman–Crippen LogP) is 4.23. The maximum atomic E-state index is 13.5. The zero-order valence-corrected chi connectivity index (χ0v) is 20.5. The first-order chi connectivity index (χ1) is 17.0. The number of methoxy groups -OCH3 is 2. The van der Waals surface area contributed by atoms with Gasteiger partial charge in [0.25, 0.3) is 5.91 Å². The normalized spacial score (nSPS) is 15.3. The highest BCUT2D eigenvalue weighted by molar-refractivity contribution is 7.80. The highest BCUT2D eigenvalue weighted by atomic mass is 32.1. The van der Waals surface area contributed by atoms with Crippen LogP contribution < -0.4 is 14.8 Å². The zero-order valence-electron chi connectivity index (χ0n) is 19.6. The van der Waals surface area contributed by atoms with Gasteiger partial charge in [-0.25, -0.2) is 0 Å². The number of benzene rings is 3. The molecule has 0 spiro atoms. The van der Waals surface area contributed by atoms with Gasteiger partial charge < -0.3 is 19.7 Å². The zero-order chi connectivity index (χ0) is 24.8. The smallest absolute Gasteiger partial charge is 0.252 e. The summed E-state index contributed by atoms with van der Waals surface area (Å²) in [6.45, 7) is 0.758. The van der Waals surface area contributed by atoms with Crippen molar-refractivity contribution in [1.29, 1.82) is 0 Å². The molecule has 7 nitrogen and oxygen atoms in total. The minimum absolute atomic E-state index is 0.0214. The van der Waals surface area contributed by atoms with E-state index >= 15 is 0 Å². The third-order valence-corrected chi connectivity index (χ3v) is 6.31. The van der Waals surface area contributed by atoms with Crippen LogP contribution in [0, 0.1) is 0 Å². The number of nitrogens with zero attached hydrogens (tertiary/aromatic N) is 2. The van der Waals surface area contributed by atoms with Gasteiger partial charge in [0.05, 0.1) is 27.2 Å². The number of hydrogen-bond acceptors (Lipinski definition) is 5. The van der Waals surface area contributed by atoms with E-state index < -0.39 is 6.04 Å². The van der Waals surface area contributed by atoms with E-state index in [1.54, 1.807) is 43.4 Å². The van der Waals surface area contributed by atoms with E-state index in [9.17, 15) is 9.59 Å². The van der Waals surface area contributed by atoms with E-state index in [-0.39, 0.29) is 18.2 Å². The Hall–Kier alpha value is -3.91. The molecule has 3 aromatic rings. The van der Waals surface area contributed by atoms with Crippen molar-refractivity contribution < 1.29 is 19.1 Å². The molecular weight excluding hydrogens is 462 g/mol. The maximum Gasteiger partial charge on any atom is 0.252 e. The summed E-state index contributed by atoms with van der Waals surface area (Å²) in [6.07, 6.45) is -0.0214. The van der Waals surface area contributed by atoms with Crippen molar-refractivity contribution in [2.24, 2.45) is 0 Å². The van der Waals surface area contributed by atoms with Crippen LogP contribution in [-0.4, -0.2) is 47.0 Å².